The van der Waals surface area contributed by atoms with Crippen molar-refractivity contribution in [3.8, 4) is 0 Å². The summed E-state index contributed by atoms with van der Waals surface area (Å²) in [6, 6.07) is 7.54. The fraction of sp³-hybridized carbons (Fsp3) is 0.600. The molecule has 1 aliphatic rings. The van der Waals surface area contributed by atoms with Gasteiger partial charge in [0, 0.05) is 25.3 Å². The van der Waals surface area contributed by atoms with Gasteiger partial charge in [-0.1, -0.05) is 6.42 Å². The standard InChI is InChI=1S/C15H23FN2/c1-18(15-9-5-13(16)6-10-15)12-4-2-3-11-17-14-7-8-14/h5-6,9-10,14,17H,2-4,7-8,11-12H2,1H3. The molecule has 100 valence electrons. The first-order chi connectivity index (χ1) is 8.75. The van der Waals surface area contributed by atoms with E-state index < -0.39 is 0 Å². The van der Waals surface area contributed by atoms with E-state index in [0.717, 1.165) is 24.8 Å². The molecule has 1 aromatic rings. The number of anilines is 1. The van der Waals surface area contributed by atoms with Crippen LogP contribution in [0.5, 0.6) is 0 Å². The lowest BCUT2D eigenvalue weighted by Crippen LogP contribution is -2.20. The van der Waals surface area contributed by atoms with Gasteiger partial charge in [-0.3, -0.25) is 0 Å². The Balaban J connectivity index is 1.56. The van der Waals surface area contributed by atoms with Gasteiger partial charge in [-0.25, -0.2) is 4.39 Å². The van der Waals surface area contributed by atoms with Crippen molar-refractivity contribution in [2.75, 3.05) is 25.0 Å². The molecule has 0 unspecified atom stereocenters. The van der Waals surface area contributed by atoms with Gasteiger partial charge in [0.2, 0.25) is 0 Å². The van der Waals surface area contributed by atoms with Crippen molar-refractivity contribution >= 4 is 5.69 Å². The van der Waals surface area contributed by atoms with Crippen LogP contribution in [0.4, 0.5) is 10.1 Å². The molecule has 0 amide bonds. The molecule has 0 atom stereocenters. The largest absolute Gasteiger partial charge is 0.375 e. The highest BCUT2D eigenvalue weighted by Gasteiger charge is 2.19. The topological polar surface area (TPSA) is 15.3 Å². The van der Waals surface area contributed by atoms with Crippen LogP contribution in [0.15, 0.2) is 24.3 Å². The molecule has 0 saturated heterocycles. The smallest absolute Gasteiger partial charge is 0.123 e. The van der Waals surface area contributed by atoms with E-state index in [-0.39, 0.29) is 5.82 Å². The van der Waals surface area contributed by atoms with Crippen LogP contribution in [0, 0.1) is 5.82 Å². The van der Waals surface area contributed by atoms with Crippen molar-refractivity contribution in [1.82, 2.24) is 5.32 Å². The second kappa shape index (κ2) is 6.74. The van der Waals surface area contributed by atoms with Crippen LogP contribution in [-0.2, 0) is 0 Å². The van der Waals surface area contributed by atoms with E-state index in [1.54, 1.807) is 0 Å². The predicted molar refractivity (Wildman–Crippen MR) is 74.5 cm³/mol. The van der Waals surface area contributed by atoms with Crippen LogP contribution in [0.1, 0.15) is 32.1 Å². The van der Waals surface area contributed by atoms with Gasteiger partial charge in [0.15, 0.2) is 0 Å². The van der Waals surface area contributed by atoms with Gasteiger partial charge in [-0.15, -0.1) is 0 Å². The fourth-order valence-corrected chi connectivity index (χ4v) is 2.07. The molecule has 1 N–H and O–H groups in total. The molecular weight excluding hydrogens is 227 g/mol. The molecule has 0 heterocycles. The molecule has 1 aromatic carbocycles. The second-order valence-corrected chi connectivity index (χ2v) is 5.19. The zero-order valence-electron chi connectivity index (χ0n) is 11.2. The van der Waals surface area contributed by atoms with Crippen molar-refractivity contribution in [3.05, 3.63) is 30.1 Å². The number of nitrogens with zero attached hydrogens (tertiary/aromatic N) is 1. The molecule has 0 radical (unpaired) electrons. The summed E-state index contributed by atoms with van der Waals surface area (Å²) in [5, 5.41) is 3.53. The van der Waals surface area contributed by atoms with E-state index in [1.807, 2.05) is 12.1 Å². The first-order valence-electron chi connectivity index (χ1n) is 6.96. The van der Waals surface area contributed by atoms with E-state index >= 15 is 0 Å². The van der Waals surface area contributed by atoms with Crippen molar-refractivity contribution in [1.29, 1.82) is 0 Å². The maximum atomic E-state index is 12.8. The minimum absolute atomic E-state index is 0.168. The highest BCUT2D eigenvalue weighted by atomic mass is 19.1. The number of halogens is 1. The van der Waals surface area contributed by atoms with Gasteiger partial charge in [0.05, 0.1) is 0 Å². The Morgan fingerprint density at radius 3 is 2.56 bits per heavy atom. The lowest BCUT2D eigenvalue weighted by molar-refractivity contribution is 0.599. The highest BCUT2D eigenvalue weighted by Crippen LogP contribution is 2.18. The van der Waals surface area contributed by atoms with Crippen LogP contribution in [0.25, 0.3) is 0 Å². The average Bonchev–Trinajstić information content (AvgIpc) is 3.18. The van der Waals surface area contributed by atoms with Crippen LogP contribution >= 0.6 is 0 Å². The normalized spacial score (nSPS) is 14.8. The molecular formula is C15H23FN2. The Morgan fingerprint density at radius 1 is 1.17 bits per heavy atom. The van der Waals surface area contributed by atoms with Crippen LogP contribution in [0.3, 0.4) is 0 Å². The summed E-state index contributed by atoms with van der Waals surface area (Å²) in [6.07, 6.45) is 6.44. The fourth-order valence-electron chi connectivity index (χ4n) is 2.07. The van der Waals surface area contributed by atoms with Crippen LogP contribution in [0.2, 0.25) is 0 Å². The first kappa shape index (κ1) is 13.3. The Hall–Kier alpha value is -1.09. The molecule has 18 heavy (non-hydrogen) atoms. The Morgan fingerprint density at radius 2 is 1.89 bits per heavy atom. The van der Waals surface area contributed by atoms with Crippen LogP contribution in [-0.4, -0.2) is 26.2 Å². The number of unbranched alkanes of at least 4 members (excludes halogenated alkanes) is 2. The minimum Gasteiger partial charge on any atom is -0.375 e. The zero-order chi connectivity index (χ0) is 12.8. The number of hydrogen-bond donors (Lipinski definition) is 1. The van der Waals surface area contributed by atoms with Crippen molar-refractivity contribution in [2.24, 2.45) is 0 Å². The lowest BCUT2D eigenvalue weighted by atomic mass is 10.2. The highest BCUT2D eigenvalue weighted by molar-refractivity contribution is 5.45. The molecule has 1 aliphatic carbocycles. The van der Waals surface area contributed by atoms with Gasteiger partial charge in [0.25, 0.3) is 0 Å². The van der Waals surface area contributed by atoms with Crippen molar-refractivity contribution in [3.63, 3.8) is 0 Å². The average molecular weight is 250 g/mol. The second-order valence-electron chi connectivity index (χ2n) is 5.19. The molecule has 3 heteroatoms. The van der Waals surface area contributed by atoms with Gasteiger partial charge >= 0.3 is 0 Å². The summed E-state index contributed by atoms with van der Waals surface area (Å²) < 4.78 is 12.8. The molecule has 1 saturated carbocycles. The summed E-state index contributed by atoms with van der Waals surface area (Å²) in [6.45, 7) is 2.19. The van der Waals surface area contributed by atoms with E-state index in [9.17, 15) is 4.39 Å². The summed E-state index contributed by atoms with van der Waals surface area (Å²) in [5.41, 5.74) is 1.09. The van der Waals surface area contributed by atoms with Gasteiger partial charge in [-0.2, -0.15) is 0 Å². The van der Waals surface area contributed by atoms with Gasteiger partial charge in [0.1, 0.15) is 5.82 Å². The summed E-state index contributed by atoms with van der Waals surface area (Å²) in [5.74, 6) is -0.168. The number of nitrogens with one attached hydrogen (secondary N) is 1. The first-order valence-corrected chi connectivity index (χ1v) is 6.96. The minimum atomic E-state index is -0.168. The Kier molecular flexibility index (Phi) is 5.00. The molecule has 0 spiro atoms. The summed E-state index contributed by atoms with van der Waals surface area (Å²) >= 11 is 0. The third-order valence-corrected chi connectivity index (χ3v) is 3.45. The Bertz CT molecular complexity index is 346. The maximum absolute atomic E-state index is 12.8. The van der Waals surface area contributed by atoms with E-state index in [1.165, 1.54) is 44.2 Å². The van der Waals surface area contributed by atoms with Crippen molar-refractivity contribution in [2.45, 2.75) is 38.1 Å². The van der Waals surface area contributed by atoms with Crippen molar-refractivity contribution < 1.29 is 4.39 Å². The predicted octanol–water partition coefficient (Wildman–Crippen LogP) is 3.18. The molecule has 0 bridgehead atoms. The third-order valence-electron chi connectivity index (χ3n) is 3.45. The Labute approximate surface area is 109 Å². The van der Waals surface area contributed by atoms with E-state index in [4.69, 9.17) is 0 Å². The number of benzene rings is 1. The number of rotatable bonds is 8. The third kappa shape index (κ3) is 4.65. The van der Waals surface area contributed by atoms with Gasteiger partial charge < -0.3 is 10.2 Å². The zero-order valence-corrected chi connectivity index (χ0v) is 11.2. The van der Waals surface area contributed by atoms with Gasteiger partial charge in [-0.05, 0) is 56.5 Å². The van der Waals surface area contributed by atoms with E-state index in [2.05, 4.69) is 17.3 Å². The summed E-state index contributed by atoms with van der Waals surface area (Å²) in [7, 11) is 2.07. The SMILES string of the molecule is CN(CCCCCNC1CC1)c1ccc(F)cc1. The lowest BCUT2D eigenvalue weighted by Gasteiger charge is -2.19. The quantitative estimate of drug-likeness (QED) is 0.713. The van der Waals surface area contributed by atoms with Crippen LogP contribution < -0.4 is 10.2 Å². The number of hydrogen-bond acceptors (Lipinski definition) is 2. The molecule has 0 aliphatic heterocycles. The summed E-state index contributed by atoms with van der Waals surface area (Å²) in [4.78, 5) is 2.19. The molecule has 2 nitrogen and oxygen atoms in total. The monoisotopic (exact) mass is 250 g/mol. The maximum Gasteiger partial charge on any atom is 0.123 e. The molecule has 2 rings (SSSR count). The molecule has 0 aromatic heterocycles. The molecule has 1 fully saturated rings. The van der Waals surface area contributed by atoms with E-state index in [0.29, 0.717) is 0 Å².